The molecule has 2 nitrogen and oxygen atoms in total. The highest BCUT2D eigenvalue weighted by Gasteiger charge is 2.27. The lowest BCUT2D eigenvalue weighted by Crippen LogP contribution is -2.24. The summed E-state index contributed by atoms with van der Waals surface area (Å²) >= 11 is 0. The average molecular weight is 323 g/mol. The summed E-state index contributed by atoms with van der Waals surface area (Å²) in [4.78, 5) is 0.418. The first kappa shape index (κ1) is 19.0. The minimum absolute atomic E-state index is 0.0709. The fourth-order valence-electron chi connectivity index (χ4n) is 2.55. The standard InChI is InChI=1S/C19H30O2S/c1-4-5-6-7-8-9-13-16-19(17(2)3)22(20,21)18-14-11-10-12-15-18/h10-17,19H,4-9H2,1-3H3/b16-13+. The van der Waals surface area contributed by atoms with E-state index in [0.717, 1.165) is 12.8 Å². The molecule has 0 amide bonds. The maximum Gasteiger partial charge on any atom is 0.185 e. The molecule has 0 saturated heterocycles. The van der Waals surface area contributed by atoms with Crippen LogP contribution in [0.15, 0.2) is 47.4 Å². The van der Waals surface area contributed by atoms with Gasteiger partial charge < -0.3 is 0 Å². The molecular weight excluding hydrogens is 292 g/mol. The van der Waals surface area contributed by atoms with Crippen LogP contribution in [0.2, 0.25) is 0 Å². The number of benzene rings is 1. The van der Waals surface area contributed by atoms with E-state index in [2.05, 4.69) is 13.0 Å². The van der Waals surface area contributed by atoms with Crippen LogP contribution in [0.5, 0.6) is 0 Å². The van der Waals surface area contributed by atoms with E-state index in [9.17, 15) is 8.42 Å². The van der Waals surface area contributed by atoms with Crippen molar-refractivity contribution in [3.8, 4) is 0 Å². The van der Waals surface area contributed by atoms with Crippen LogP contribution >= 0.6 is 0 Å². The highest BCUT2D eigenvalue weighted by Crippen LogP contribution is 2.23. The third-order valence-electron chi connectivity index (χ3n) is 3.89. The highest BCUT2D eigenvalue weighted by molar-refractivity contribution is 7.92. The molecule has 0 spiro atoms. The number of rotatable bonds is 10. The zero-order valence-corrected chi connectivity index (χ0v) is 15.0. The fraction of sp³-hybridized carbons (Fsp3) is 0.579. The van der Waals surface area contributed by atoms with Crippen molar-refractivity contribution >= 4 is 9.84 Å². The fourth-order valence-corrected chi connectivity index (χ4v) is 4.43. The van der Waals surface area contributed by atoms with Crippen molar-refractivity contribution in [3.05, 3.63) is 42.5 Å². The largest absolute Gasteiger partial charge is 0.223 e. The summed E-state index contributed by atoms with van der Waals surface area (Å²) in [5, 5.41) is -0.439. The lowest BCUT2D eigenvalue weighted by Gasteiger charge is -2.18. The van der Waals surface area contributed by atoms with E-state index in [1.807, 2.05) is 26.0 Å². The molecule has 0 aliphatic heterocycles. The molecule has 1 aromatic rings. The Morgan fingerprint density at radius 1 is 1.00 bits per heavy atom. The second-order valence-electron chi connectivity index (χ2n) is 6.20. The van der Waals surface area contributed by atoms with Gasteiger partial charge in [0.05, 0.1) is 10.1 Å². The molecule has 0 radical (unpaired) electrons. The van der Waals surface area contributed by atoms with Gasteiger partial charge in [-0.3, -0.25) is 0 Å². The van der Waals surface area contributed by atoms with Crippen molar-refractivity contribution in [2.24, 2.45) is 5.92 Å². The van der Waals surface area contributed by atoms with Crippen LogP contribution in [0.3, 0.4) is 0 Å². The Balaban J connectivity index is 2.66. The molecule has 0 N–H and O–H groups in total. The summed E-state index contributed by atoms with van der Waals surface area (Å²) in [5.74, 6) is 0.0709. The summed E-state index contributed by atoms with van der Waals surface area (Å²) in [7, 11) is -3.29. The smallest absolute Gasteiger partial charge is 0.185 e. The molecule has 0 fully saturated rings. The van der Waals surface area contributed by atoms with Gasteiger partial charge in [0.1, 0.15) is 0 Å². The van der Waals surface area contributed by atoms with E-state index < -0.39 is 15.1 Å². The molecule has 0 bridgehead atoms. The maximum atomic E-state index is 12.7. The third-order valence-corrected chi connectivity index (χ3v) is 6.23. The molecule has 1 unspecified atom stereocenters. The summed E-state index contributed by atoms with van der Waals surface area (Å²) in [6.07, 6.45) is 11.1. The van der Waals surface area contributed by atoms with Crippen LogP contribution in [0.4, 0.5) is 0 Å². The van der Waals surface area contributed by atoms with Crippen LogP contribution in [0.1, 0.15) is 59.3 Å². The van der Waals surface area contributed by atoms with Crippen LogP contribution in [-0.2, 0) is 9.84 Å². The molecule has 0 aliphatic carbocycles. The van der Waals surface area contributed by atoms with E-state index >= 15 is 0 Å². The van der Waals surface area contributed by atoms with Crippen molar-refractivity contribution in [2.45, 2.75) is 69.4 Å². The van der Waals surface area contributed by atoms with Gasteiger partial charge in [-0.15, -0.1) is 0 Å². The molecule has 22 heavy (non-hydrogen) atoms. The quantitative estimate of drug-likeness (QED) is 0.427. The van der Waals surface area contributed by atoms with E-state index in [4.69, 9.17) is 0 Å². The Kier molecular flexibility index (Phi) is 8.47. The lowest BCUT2D eigenvalue weighted by atomic mass is 10.1. The predicted molar refractivity (Wildman–Crippen MR) is 94.8 cm³/mol. The third kappa shape index (κ3) is 5.96. The van der Waals surface area contributed by atoms with Gasteiger partial charge in [-0.25, -0.2) is 8.42 Å². The van der Waals surface area contributed by atoms with Gasteiger partial charge in [0.15, 0.2) is 9.84 Å². The number of unbranched alkanes of at least 4 members (excludes halogenated alkanes) is 5. The van der Waals surface area contributed by atoms with E-state index in [0.29, 0.717) is 4.90 Å². The summed E-state index contributed by atoms with van der Waals surface area (Å²) in [6, 6.07) is 8.77. The predicted octanol–water partition coefficient (Wildman–Crippen LogP) is 5.40. The van der Waals surface area contributed by atoms with E-state index in [-0.39, 0.29) is 5.92 Å². The minimum atomic E-state index is -3.29. The molecule has 124 valence electrons. The second-order valence-corrected chi connectivity index (χ2v) is 8.30. The molecule has 0 heterocycles. The first-order chi connectivity index (χ1) is 10.5. The van der Waals surface area contributed by atoms with Gasteiger partial charge in [0, 0.05) is 0 Å². The van der Waals surface area contributed by atoms with Gasteiger partial charge in [-0.2, -0.15) is 0 Å². The van der Waals surface area contributed by atoms with Crippen molar-refractivity contribution in [3.63, 3.8) is 0 Å². The normalized spacial score (nSPS) is 13.8. The van der Waals surface area contributed by atoms with Crippen LogP contribution in [0.25, 0.3) is 0 Å². The molecule has 0 aliphatic rings. The van der Waals surface area contributed by atoms with E-state index in [1.165, 1.54) is 25.7 Å². The average Bonchev–Trinajstić information content (AvgIpc) is 2.50. The van der Waals surface area contributed by atoms with Crippen LogP contribution < -0.4 is 0 Å². The Bertz CT molecular complexity index is 530. The first-order valence-corrected chi connectivity index (χ1v) is 10.0. The summed E-state index contributed by atoms with van der Waals surface area (Å²) < 4.78 is 25.5. The Hall–Kier alpha value is -1.09. The lowest BCUT2D eigenvalue weighted by molar-refractivity contribution is 0.560. The Morgan fingerprint density at radius 2 is 1.64 bits per heavy atom. The Morgan fingerprint density at radius 3 is 2.23 bits per heavy atom. The number of sulfone groups is 1. The monoisotopic (exact) mass is 322 g/mol. The SMILES string of the molecule is CCCCCCC/C=C/C(C(C)C)S(=O)(=O)c1ccccc1. The second kappa shape index (κ2) is 9.83. The van der Waals surface area contributed by atoms with E-state index in [1.54, 1.807) is 24.3 Å². The van der Waals surface area contributed by atoms with Gasteiger partial charge in [0.2, 0.25) is 0 Å². The molecule has 0 aromatic heterocycles. The van der Waals surface area contributed by atoms with Gasteiger partial charge in [-0.05, 0) is 30.9 Å². The van der Waals surface area contributed by atoms with Crippen molar-refractivity contribution in [1.29, 1.82) is 0 Å². The summed E-state index contributed by atoms with van der Waals surface area (Å²) in [6.45, 7) is 6.15. The van der Waals surface area contributed by atoms with Crippen LogP contribution in [-0.4, -0.2) is 13.7 Å². The van der Waals surface area contributed by atoms with Gasteiger partial charge in [-0.1, -0.05) is 76.8 Å². The van der Waals surface area contributed by atoms with Gasteiger partial charge >= 0.3 is 0 Å². The molecule has 3 heteroatoms. The topological polar surface area (TPSA) is 34.1 Å². The molecule has 1 aromatic carbocycles. The number of allylic oxidation sites excluding steroid dienone is 1. The number of hydrogen-bond acceptors (Lipinski definition) is 2. The maximum absolute atomic E-state index is 12.7. The Labute approximate surface area is 136 Å². The molecular formula is C19H30O2S. The number of hydrogen-bond donors (Lipinski definition) is 0. The molecule has 0 saturated carbocycles. The van der Waals surface area contributed by atoms with Crippen molar-refractivity contribution < 1.29 is 8.42 Å². The first-order valence-electron chi connectivity index (χ1n) is 8.45. The minimum Gasteiger partial charge on any atom is -0.223 e. The molecule has 1 atom stereocenters. The summed E-state index contributed by atoms with van der Waals surface area (Å²) in [5.41, 5.74) is 0. The van der Waals surface area contributed by atoms with Crippen molar-refractivity contribution in [2.75, 3.05) is 0 Å². The highest BCUT2D eigenvalue weighted by atomic mass is 32.2. The zero-order chi connectivity index (χ0) is 16.4. The zero-order valence-electron chi connectivity index (χ0n) is 14.2. The van der Waals surface area contributed by atoms with Gasteiger partial charge in [0.25, 0.3) is 0 Å². The van der Waals surface area contributed by atoms with Crippen molar-refractivity contribution in [1.82, 2.24) is 0 Å². The van der Waals surface area contributed by atoms with Crippen LogP contribution in [0, 0.1) is 5.92 Å². The molecule has 1 rings (SSSR count).